The molecule has 3 rings (SSSR count). The molecule has 1 atom stereocenters. The van der Waals surface area contributed by atoms with Crippen LogP contribution in [0, 0.1) is 0 Å². The average molecular weight is 417 g/mol. The first kappa shape index (κ1) is 19.9. The second-order valence-corrected chi connectivity index (χ2v) is 8.73. The van der Waals surface area contributed by atoms with Gasteiger partial charge in [0.25, 0.3) is 15.9 Å². The Hall–Kier alpha value is -2.84. The van der Waals surface area contributed by atoms with Gasteiger partial charge in [-0.2, -0.15) is 0 Å². The summed E-state index contributed by atoms with van der Waals surface area (Å²) in [6.07, 6.45) is 0. The molecule has 0 saturated heterocycles. The third-order valence-electron chi connectivity index (χ3n) is 4.09. The Morgan fingerprint density at radius 2 is 1.71 bits per heavy atom. The summed E-state index contributed by atoms with van der Waals surface area (Å²) in [5.41, 5.74) is 0.819. The number of anilines is 1. The van der Waals surface area contributed by atoms with Gasteiger partial charge in [0.2, 0.25) is 0 Å². The minimum atomic E-state index is -3.75. The number of methoxy groups -OCH3 is 1. The molecule has 1 amide bonds. The van der Waals surface area contributed by atoms with Crippen LogP contribution in [0.25, 0.3) is 0 Å². The van der Waals surface area contributed by atoms with Gasteiger partial charge in [-0.3, -0.25) is 9.52 Å². The first-order valence-electron chi connectivity index (χ1n) is 8.50. The van der Waals surface area contributed by atoms with E-state index in [4.69, 9.17) is 4.74 Å². The Morgan fingerprint density at radius 1 is 1.04 bits per heavy atom. The number of benzene rings is 2. The van der Waals surface area contributed by atoms with E-state index in [9.17, 15) is 13.2 Å². The van der Waals surface area contributed by atoms with Gasteiger partial charge in [0, 0.05) is 16.1 Å². The van der Waals surface area contributed by atoms with Gasteiger partial charge >= 0.3 is 0 Å². The molecule has 2 aromatic carbocycles. The van der Waals surface area contributed by atoms with Gasteiger partial charge in [-0.25, -0.2) is 8.42 Å². The smallest absolute Gasteiger partial charge is 0.261 e. The largest absolute Gasteiger partial charge is 0.497 e. The van der Waals surface area contributed by atoms with Crippen LogP contribution < -0.4 is 14.8 Å². The fourth-order valence-electron chi connectivity index (χ4n) is 2.55. The lowest BCUT2D eigenvalue weighted by Gasteiger charge is -2.13. The van der Waals surface area contributed by atoms with E-state index in [-0.39, 0.29) is 16.8 Å². The van der Waals surface area contributed by atoms with Crippen molar-refractivity contribution >= 4 is 33.0 Å². The zero-order valence-electron chi connectivity index (χ0n) is 15.4. The summed E-state index contributed by atoms with van der Waals surface area (Å²) in [6, 6.07) is 16.2. The molecule has 2 N–H and O–H groups in total. The Balaban J connectivity index is 1.69. The number of nitrogens with one attached hydrogen (secondary N) is 2. The topological polar surface area (TPSA) is 84.5 Å². The summed E-state index contributed by atoms with van der Waals surface area (Å²) in [7, 11) is -2.21. The highest BCUT2D eigenvalue weighted by Gasteiger charge is 2.16. The van der Waals surface area contributed by atoms with E-state index < -0.39 is 10.0 Å². The summed E-state index contributed by atoms with van der Waals surface area (Å²) in [5, 5.41) is 4.85. The predicted octanol–water partition coefficient (Wildman–Crippen LogP) is 4.05. The fraction of sp³-hybridized carbons (Fsp3) is 0.150. The molecule has 0 aliphatic rings. The lowest BCUT2D eigenvalue weighted by atomic mass is 10.2. The van der Waals surface area contributed by atoms with Crippen molar-refractivity contribution in [3.8, 4) is 5.75 Å². The van der Waals surface area contributed by atoms with E-state index >= 15 is 0 Å². The molecular formula is C20H20N2O4S2. The number of sulfonamides is 1. The van der Waals surface area contributed by atoms with E-state index in [0.29, 0.717) is 17.0 Å². The number of thiophene rings is 1. The lowest BCUT2D eigenvalue weighted by Crippen LogP contribution is -2.26. The van der Waals surface area contributed by atoms with Crippen LogP contribution in [0.2, 0.25) is 0 Å². The van der Waals surface area contributed by atoms with E-state index in [1.807, 2.05) is 24.4 Å². The van der Waals surface area contributed by atoms with Crippen LogP contribution in [-0.2, 0) is 10.0 Å². The molecule has 28 heavy (non-hydrogen) atoms. The third-order valence-corrected chi connectivity index (χ3v) is 6.54. The first-order chi connectivity index (χ1) is 13.4. The van der Waals surface area contributed by atoms with Gasteiger partial charge in [0.1, 0.15) is 5.75 Å². The van der Waals surface area contributed by atoms with Crippen molar-refractivity contribution < 1.29 is 17.9 Å². The highest BCUT2D eigenvalue weighted by atomic mass is 32.2. The summed E-state index contributed by atoms with van der Waals surface area (Å²) in [4.78, 5) is 13.5. The van der Waals surface area contributed by atoms with E-state index in [2.05, 4.69) is 10.0 Å². The van der Waals surface area contributed by atoms with Crippen molar-refractivity contribution in [3.63, 3.8) is 0 Å². The van der Waals surface area contributed by atoms with Crippen LogP contribution in [0.1, 0.15) is 28.2 Å². The third kappa shape index (κ3) is 4.71. The standard InChI is InChI=1S/C20H20N2O4S2/c1-14(19-4-3-13-27-19)21-20(23)15-5-11-18(12-6-15)28(24,25)22-16-7-9-17(26-2)10-8-16/h3-14,22H,1-2H3,(H,21,23)/t14-/m0/s1. The summed E-state index contributed by atoms with van der Waals surface area (Å²) >= 11 is 1.57. The Bertz CT molecular complexity index is 1030. The zero-order chi connectivity index (χ0) is 20.1. The van der Waals surface area contributed by atoms with Crippen LogP contribution >= 0.6 is 11.3 Å². The minimum absolute atomic E-state index is 0.0752. The Morgan fingerprint density at radius 3 is 2.29 bits per heavy atom. The highest BCUT2D eigenvalue weighted by molar-refractivity contribution is 7.92. The number of rotatable bonds is 7. The molecule has 0 spiro atoms. The predicted molar refractivity (Wildman–Crippen MR) is 110 cm³/mol. The molecule has 6 nitrogen and oxygen atoms in total. The van der Waals surface area contributed by atoms with Crippen molar-refractivity contribution in [1.29, 1.82) is 0 Å². The van der Waals surface area contributed by atoms with Gasteiger partial charge in [0.15, 0.2) is 0 Å². The van der Waals surface area contributed by atoms with Gasteiger partial charge in [-0.05, 0) is 66.9 Å². The van der Waals surface area contributed by atoms with Crippen LogP contribution in [0.3, 0.4) is 0 Å². The molecule has 0 fully saturated rings. The van der Waals surface area contributed by atoms with E-state index in [1.165, 1.54) is 31.4 Å². The molecule has 0 unspecified atom stereocenters. The second-order valence-electron chi connectivity index (χ2n) is 6.07. The minimum Gasteiger partial charge on any atom is -0.497 e. The van der Waals surface area contributed by atoms with Gasteiger partial charge in [0.05, 0.1) is 18.0 Å². The lowest BCUT2D eigenvalue weighted by molar-refractivity contribution is 0.0940. The average Bonchev–Trinajstić information content (AvgIpc) is 3.23. The number of amides is 1. The molecule has 1 aromatic heterocycles. The quantitative estimate of drug-likeness (QED) is 0.609. The molecular weight excluding hydrogens is 396 g/mol. The summed E-state index contributed by atoms with van der Waals surface area (Å²) < 4.78 is 32.6. The van der Waals surface area contributed by atoms with Crippen molar-refractivity contribution in [3.05, 3.63) is 76.5 Å². The number of carbonyl (C=O) groups excluding carboxylic acids is 1. The summed E-state index contributed by atoms with van der Waals surface area (Å²) in [5.74, 6) is 0.378. The van der Waals surface area contributed by atoms with Gasteiger partial charge < -0.3 is 10.1 Å². The zero-order valence-corrected chi connectivity index (χ0v) is 17.0. The number of hydrogen-bond acceptors (Lipinski definition) is 5. The Kier molecular flexibility index (Phi) is 6.01. The normalized spacial score (nSPS) is 12.2. The van der Waals surface area contributed by atoms with Gasteiger partial charge in [-0.1, -0.05) is 6.07 Å². The maximum Gasteiger partial charge on any atom is 0.261 e. The molecule has 0 aliphatic heterocycles. The number of carbonyl (C=O) groups is 1. The van der Waals surface area contributed by atoms with Crippen molar-refractivity contribution in [2.24, 2.45) is 0 Å². The van der Waals surface area contributed by atoms with Crippen molar-refractivity contribution in [1.82, 2.24) is 5.32 Å². The van der Waals surface area contributed by atoms with Crippen LogP contribution in [0.4, 0.5) is 5.69 Å². The van der Waals surface area contributed by atoms with E-state index in [0.717, 1.165) is 4.88 Å². The van der Waals surface area contributed by atoms with E-state index in [1.54, 1.807) is 35.6 Å². The molecule has 8 heteroatoms. The highest BCUT2D eigenvalue weighted by Crippen LogP contribution is 2.21. The SMILES string of the molecule is COc1ccc(NS(=O)(=O)c2ccc(C(=O)N[C@@H](C)c3cccs3)cc2)cc1. The maximum absolute atomic E-state index is 12.5. The molecule has 3 aromatic rings. The van der Waals surface area contributed by atoms with Crippen molar-refractivity contribution in [2.45, 2.75) is 17.9 Å². The summed E-state index contributed by atoms with van der Waals surface area (Å²) in [6.45, 7) is 1.90. The van der Waals surface area contributed by atoms with Crippen LogP contribution in [-0.4, -0.2) is 21.4 Å². The molecule has 146 valence electrons. The molecule has 0 saturated carbocycles. The molecule has 1 heterocycles. The van der Waals surface area contributed by atoms with Gasteiger partial charge in [-0.15, -0.1) is 11.3 Å². The Labute approximate surface area is 168 Å². The first-order valence-corrected chi connectivity index (χ1v) is 10.9. The van der Waals surface area contributed by atoms with Crippen molar-refractivity contribution in [2.75, 3.05) is 11.8 Å². The monoisotopic (exact) mass is 416 g/mol. The maximum atomic E-state index is 12.5. The van der Waals surface area contributed by atoms with Crippen LogP contribution in [0.15, 0.2) is 70.9 Å². The molecule has 0 aliphatic carbocycles. The number of hydrogen-bond donors (Lipinski definition) is 2. The molecule has 0 radical (unpaired) electrons. The second kappa shape index (κ2) is 8.45. The fourth-order valence-corrected chi connectivity index (χ4v) is 4.34. The van der Waals surface area contributed by atoms with Crippen LogP contribution in [0.5, 0.6) is 5.75 Å². The number of ether oxygens (including phenoxy) is 1. The molecule has 0 bridgehead atoms.